The third-order valence-corrected chi connectivity index (χ3v) is 3.83. The summed E-state index contributed by atoms with van der Waals surface area (Å²) in [4.78, 5) is 18.9. The third kappa shape index (κ3) is 2.86. The molecule has 1 amide bonds. The molecule has 0 saturated carbocycles. The maximum atomic E-state index is 11.0. The molecule has 3 rings (SSSR count). The molecule has 22 heavy (non-hydrogen) atoms. The molecule has 0 radical (unpaired) electrons. The minimum atomic E-state index is -0.254. The summed E-state index contributed by atoms with van der Waals surface area (Å²) >= 11 is 0. The van der Waals surface area contributed by atoms with Crippen molar-refractivity contribution in [2.75, 3.05) is 0 Å². The van der Waals surface area contributed by atoms with Crippen LogP contribution < -0.4 is 5.73 Å². The van der Waals surface area contributed by atoms with Crippen LogP contribution in [-0.4, -0.2) is 15.9 Å². The fraction of sp³-hybridized carbons (Fsp3) is 0.222. The summed E-state index contributed by atoms with van der Waals surface area (Å²) in [5, 5.41) is 1.20. The fourth-order valence-electron chi connectivity index (χ4n) is 2.79. The minimum Gasteiger partial charge on any atom is -0.370 e. The van der Waals surface area contributed by atoms with Crippen molar-refractivity contribution in [1.29, 1.82) is 0 Å². The normalized spacial score (nSPS) is 11.0. The number of benzene rings is 1. The van der Waals surface area contributed by atoms with Crippen LogP contribution in [0.25, 0.3) is 22.3 Å². The van der Waals surface area contributed by atoms with Gasteiger partial charge in [0.15, 0.2) is 0 Å². The molecule has 3 aromatic rings. The second-order valence-corrected chi connectivity index (χ2v) is 5.56. The van der Waals surface area contributed by atoms with Crippen LogP contribution in [0.1, 0.15) is 24.0 Å². The van der Waals surface area contributed by atoms with Gasteiger partial charge in [-0.3, -0.25) is 9.78 Å². The lowest BCUT2D eigenvalue weighted by molar-refractivity contribution is -0.118. The highest BCUT2D eigenvalue weighted by Crippen LogP contribution is 2.31. The van der Waals surface area contributed by atoms with Crippen LogP contribution in [0.4, 0.5) is 0 Å². The van der Waals surface area contributed by atoms with Crippen molar-refractivity contribution in [3.8, 4) is 11.4 Å². The minimum absolute atomic E-state index is 0.254. The number of aryl methyl sites for hydroxylation is 2. The molecule has 0 fully saturated rings. The number of amides is 1. The lowest BCUT2D eigenvalue weighted by Gasteiger charge is -2.04. The van der Waals surface area contributed by atoms with E-state index in [0.29, 0.717) is 6.42 Å². The number of pyridine rings is 1. The number of fused-ring (bicyclic) bond motifs is 1. The Balaban J connectivity index is 2.07. The number of carbonyl (C=O) groups is 1. The highest BCUT2D eigenvalue weighted by molar-refractivity contribution is 5.90. The van der Waals surface area contributed by atoms with Gasteiger partial charge in [-0.05, 0) is 49.6 Å². The zero-order valence-electron chi connectivity index (χ0n) is 12.6. The van der Waals surface area contributed by atoms with Gasteiger partial charge >= 0.3 is 0 Å². The average Bonchev–Trinajstić information content (AvgIpc) is 2.86. The molecule has 1 aromatic carbocycles. The molecule has 0 unspecified atom stereocenters. The number of nitrogens with zero attached hydrogens (tertiary/aromatic N) is 1. The number of hydrogen-bond donors (Lipinski definition) is 2. The molecule has 0 saturated heterocycles. The molecule has 4 heteroatoms. The molecule has 0 aliphatic rings. The molecule has 2 heterocycles. The number of carbonyl (C=O) groups excluding carboxylic acids is 1. The quantitative estimate of drug-likeness (QED) is 0.757. The zero-order chi connectivity index (χ0) is 15.5. The van der Waals surface area contributed by atoms with Gasteiger partial charge in [-0.2, -0.15) is 0 Å². The molecule has 112 valence electrons. The molecule has 0 spiro atoms. The van der Waals surface area contributed by atoms with Crippen molar-refractivity contribution in [2.24, 2.45) is 5.73 Å². The van der Waals surface area contributed by atoms with E-state index in [-0.39, 0.29) is 5.91 Å². The topological polar surface area (TPSA) is 71.8 Å². The summed E-state index contributed by atoms with van der Waals surface area (Å²) in [7, 11) is 0. The summed E-state index contributed by atoms with van der Waals surface area (Å²) in [6, 6.07) is 12.2. The summed E-state index contributed by atoms with van der Waals surface area (Å²) < 4.78 is 0. The Morgan fingerprint density at radius 1 is 1.27 bits per heavy atom. The number of rotatable bonds is 5. The van der Waals surface area contributed by atoms with Gasteiger partial charge in [0.2, 0.25) is 5.91 Å². The van der Waals surface area contributed by atoms with Gasteiger partial charge in [0.05, 0.1) is 11.4 Å². The van der Waals surface area contributed by atoms with Crippen molar-refractivity contribution < 1.29 is 4.79 Å². The maximum Gasteiger partial charge on any atom is 0.217 e. The SMILES string of the molecule is Cc1ccc2[nH]c(-c3ccccn3)c(CCCC(N)=O)c2c1. The van der Waals surface area contributed by atoms with Gasteiger partial charge in [0.1, 0.15) is 0 Å². The fourth-order valence-corrected chi connectivity index (χ4v) is 2.79. The highest BCUT2D eigenvalue weighted by Gasteiger charge is 2.14. The van der Waals surface area contributed by atoms with E-state index in [1.165, 1.54) is 16.5 Å². The molecule has 0 aliphatic heterocycles. The van der Waals surface area contributed by atoms with Gasteiger partial charge in [0, 0.05) is 23.5 Å². The molecule has 0 aliphatic carbocycles. The molecule has 0 bridgehead atoms. The van der Waals surface area contributed by atoms with E-state index in [0.717, 1.165) is 29.7 Å². The number of nitrogens with two attached hydrogens (primary N) is 1. The second-order valence-electron chi connectivity index (χ2n) is 5.56. The average molecular weight is 293 g/mol. The monoisotopic (exact) mass is 293 g/mol. The van der Waals surface area contributed by atoms with E-state index >= 15 is 0 Å². The predicted molar refractivity (Wildman–Crippen MR) is 88.4 cm³/mol. The first-order valence-corrected chi connectivity index (χ1v) is 7.46. The molecule has 0 atom stereocenters. The first kappa shape index (κ1) is 14.3. The number of H-pyrrole nitrogens is 1. The molecular formula is C18H19N3O. The lowest BCUT2D eigenvalue weighted by Crippen LogP contribution is -2.10. The van der Waals surface area contributed by atoms with Crippen LogP contribution >= 0.6 is 0 Å². The van der Waals surface area contributed by atoms with Crippen molar-refractivity contribution in [1.82, 2.24) is 9.97 Å². The van der Waals surface area contributed by atoms with Crippen molar-refractivity contribution in [3.05, 3.63) is 53.7 Å². The first-order valence-electron chi connectivity index (χ1n) is 7.46. The van der Waals surface area contributed by atoms with E-state index in [1.54, 1.807) is 6.20 Å². The van der Waals surface area contributed by atoms with Crippen LogP contribution in [0.3, 0.4) is 0 Å². The van der Waals surface area contributed by atoms with E-state index in [9.17, 15) is 4.79 Å². The van der Waals surface area contributed by atoms with E-state index < -0.39 is 0 Å². The van der Waals surface area contributed by atoms with E-state index in [2.05, 4.69) is 35.1 Å². The molecule has 4 nitrogen and oxygen atoms in total. The standard InChI is InChI=1S/C18H19N3O/c1-12-8-9-15-14(11-12)13(5-4-7-17(19)22)18(21-15)16-6-2-3-10-20-16/h2-3,6,8-11,21H,4-5,7H2,1H3,(H2,19,22). The predicted octanol–water partition coefficient (Wildman–Crippen LogP) is 3.35. The van der Waals surface area contributed by atoms with Gasteiger partial charge in [-0.25, -0.2) is 0 Å². The third-order valence-electron chi connectivity index (χ3n) is 3.83. The second kappa shape index (κ2) is 6.02. The van der Waals surface area contributed by atoms with Gasteiger partial charge in [-0.1, -0.05) is 17.7 Å². The zero-order valence-corrected chi connectivity index (χ0v) is 12.6. The number of aromatic nitrogens is 2. The van der Waals surface area contributed by atoms with Crippen LogP contribution in [-0.2, 0) is 11.2 Å². The van der Waals surface area contributed by atoms with Gasteiger partial charge < -0.3 is 10.7 Å². The van der Waals surface area contributed by atoms with Crippen molar-refractivity contribution in [3.63, 3.8) is 0 Å². The summed E-state index contributed by atoms with van der Waals surface area (Å²) in [6.45, 7) is 2.08. The lowest BCUT2D eigenvalue weighted by atomic mass is 10.0. The number of aromatic amines is 1. The Labute approximate surface area is 129 Å². The number of hydrogen-bond acceptors (Lipinski definition) is 2. The number of nitrogens with one attached hydrogen (secondary N) is 1. The van der Waals surface area contributed by atoms with E-state index in [1.807, 2.05) is 18.2 Å². The molecule has 3 N–H and O–H groups in total. The molecule has 2 aromatic heterocycles. The largest absolute Gasteiger partial charge is 0.370 e. The van der Waals surface area contributed by atoms with Crippen molar-refractivity contribution in [2.45, 2.75) is 26.2 Å². The van der Waals surface area contributed by atoms with E-state index in [4.69, 9.17) is 5.73 Å². The van der Waals surface area contributed by atoms with Crippen LogP contribution in [0, 0.1) is 6.92 Å². The van der Waals surface area contributed by atoms with Crippen molar-refractivity contribution >= 4 is 16.8 Å². The maximum absolute atomic E-state index is 11.0. The highest BCUT2D eigenvalue weighted by atomic mass is 16.1. The van der Waals surface area contributed by atoms with Crippen LogP contribution in [0.5, 0.6) is 0 Å². The Morgan fingerprint density at radius 3 is 2.86 bits per heavy atom. The Bertz CT molecular complexity index is 806. The Hall–Kier alpha value is -2.62. The Kier molecular flexibility index (Phi) is 3.92. The van der Waals surface area contributed by atoms with Gasteiger partial charge in [-0.15, -0.1) is 0 Å². The summed E-state index contributed by atoms with van der Waals surface area (Å²) in [5.41, 5.74) is 10.7. The summed E-state index contributed by atoms with van der Waals surface area (Å²) in [5.74, 6) is -0.254. The Morgan fingerprint density at radius 2 is 2.14 bits per heavy atom. The molecular weight excluding hydrogens is 274 g/mol. The van der Waals surface area contributed by atoms with Crippen LogP contribution in [0.2, 0.25) is 0 Å². The van der Waals surface area contributed by atoms with Gasteiger partial charge in [0.25, 0.3) is 0 Å². The number of primary amides is 1. The smallest absolute Gasteiger partial charge is 0.217 e. The van der Waals surface area contributed by atoms with Crippen LogP contribution in [0.15, 0.2) is 42.6 Å². The first-order chi connectivity index (χ1) is 10.6. The summed E-state index contributed by atoms with van der Waals surface area (Å²) in [6.07, 6.45) is 3.74.